The van der Waals surface area contributed by atoms with Crippen molar-refractivity contribution in [3.63, 3.8) is 0 Å². The molecule has 2 saturated carbocycles. The van der Waals surface area contributed by atoms with Crippen LogP contribution in [0.25, 0.3) is 10.9 Å². The van der Waals surface area contributed by atoms with Gasteiger partial charge in [-0.2, -0.15) is 9.40 Å². The molecule has 2 fully saturated rings. The second kappa shape index (κ2) is 9.53. The quantitative estimate of drug-likeness (QED) is 0.438. The fourth-order valence-corrected chi connectivity index (χ4v) is 8.44. The van der Waals surface area contributed by atoms with E-state index in [1.807, 2.05) is 16.8 Å². The monoisotopic (exact) mass is 539 g/mol. The third-order valence-corrected chi connectivity index (χ3v) is 10.7. The van der Waals surface area contributed by atoms with Crippen molar-refractivity contribution < 1.29 is 18.3 Å². The van der Waals surface area contributed by atoms with Gasteiger partial charge in [-0.05, 0) is 74.3 Å². The van der Waals surface area contributed by atoms with Crippen LogP contribution in [0.1, 0.15) is 69.9 Å². The molecular weight excluding hydrogens is 506 g/mol. The predicted molar refractivity (Wildman–Crippen MR) is 143 cm³/mol. The van der Waals surface area contributed by atoms with Crippen LogP contribution >= 0.6 is 0 Å². The Kier molecular flexibility index (Phi) is 6.30. The fourth-order valence-electron chi connectivity index (χ4n) is 6.58. The Hall–Kier alpha value is -3.18. The molecule has 3 aromatic rings. The first-order valence-electron chi connectivity index (χ1n) is 13.5. The lowest BCUT2D eigenvalue weighted by atomic mass is 9.86. The summed E-state index contributed by atoms with van der Waals surface area (Å²) in [5.74, 6) is -0.285. The number of rotatable bonds is 5. The Morgan fingerprint density at radius 1 is 1.11 bits per heavy atom. The number of aromatic amines is 1. The zero-order valence-corrected chi connectivity index (χ0v) is 22.2. The van der Waals surface area contributed by atoms with Gasteiger partial charge in [0.05, 0.1) is 22.4 Å². The highest BCUT2D eigenvalue weighted by Gasteiger charge is 2.41. The molecule has 1 aromatic carbocycles. The molecule has 0 saturated heterocycles. The molecule has 38 heavy (non-hydrogen) atoms. The number of aromatic nitrogens is 3. The molecule has 3 N–H and O–H groups in total. The van der Waals surface area contributed by atoms with E-state index in [0.29, 0.717) is 54.1 Å². The first-order valence-corrected chi connectivity index (χ1v) is 14.9. The van der Waals surface area contributed by atoms with Gasteiger partial charge in [0, 0.05) is 24.5 Å². The molecule has 0 amide bonds. The van der Waals surface area contributed by atoms with E-state index in [9.17, 15) is 23.1 Å². The van der Waals surface area contributed by atoms with Gasteiger partial charge in [0.25, 0.3) is 5.56 Å². The van der Waals surface area contributed by atoms with Crippen LogP contribution in [0.15, 0.2) is 40.2 Å². The lowest BCUT2D eigenvalue weighted by molar-refractivity contribution is -0.143. The standard InChI is InChI=1S/C27H33N5O5S/c1-16-4-2-3-5-21(16)32-22-12-13-28-26(33)24(22)25(30-32)29-19-8-11-23-18(14-19)15-31(38(23,36)37)20-9-6-17(7-10-20)27(34)35/h8,11-14,16-17,20-21H,2-7,9-10,15H2,1H3,(H,28,33)(H,29,30)(H,34,35)/t16-,17-,20+,21-/m0/s1. The topological polar surface area (TPSA) is 137 Å². The molecule has 0 radical (unpaired) electrons. The van der Waals surface area contributed by atoms with Gasteiger partial charge < -0.3 is 15.4 Å². The molecule has 3 heterocycles. The SMILES string of the molecule is C[C@H]1CCCC[C@@H]1n1nc(Nc2ccc3c(c2)CN([C@H]2CC[C@@H](C(=O)O)CC2)S3(=O)=O)c2c(=O)[nH]ccc21. The van der Waals surface area contributed by atoms with Crippen molar-refractivity contribution in [2.75, 3.05) is 5.32 Å². The second-order valence-electron chi connectivity index (χ2n) is 11.0. The first kappa shape index (κ1) is 25.1. The summed E-state index contributed by atoms with van der Waals surface area (Å²) < 4.78 is 30.2. The lowest BCUT2D eigenvalue weighted by Gasteiger charge is -2.32. The highest BCUT2D eigenvalue weighted by atomic mass is 32.2. The van der Waals surface area contributed by atoms with Crippen molar-refractivity contribution in [2.45, 2.75) is 81.8 Å². The zero-order valence-electron chi connectivity index (χ0n) is 21.4. The molecule has 1 aliphatic heterocycles. The van der Waals surface area contributed by atoms with Gasteiger partial charge in [0.1, 0.15) is 5.39 Å². The highest BCUT2D eigenvalue weighted by Crippen LogP contribution is 2.40. The van der Waals surface area contributed by atoms with E-state index in [0.717, 1.165) is 24.8 Å². The minimum absolute atomic E-state index is 0.199. The van der Waals surface area contributed by atoms with Gasteiger partial charge in [-0.25, -0.2) is 8.42 Å². The first-order chi connectivity index (χ1) is 18.2. The van der Waals surface area contributed by atoms with Crippen molar-refractivity contribution in [3.8, 4) is 0 Å². The van der Waals surface area contributed by atoms with Gasteiger partial charge in [-0.15, -0.1) is 0 Å². The summed E-state index contributed by atoms with van der Waals surface area (Å²) in [4.78, 5) is 27.2. The molecule has 0 unspecified atom stereocenters. The summed E-state index contributed by atoms with van der Waals surface area (Å²) in [5, 5.41) is 17.9. The highest BCUT2D eigenvalue weighted by molar-refractivity contribution is 7.89. The molecule has 11 heteroatoms. The number of hydrogen-bond acceptors (Lipinski definition) is 6. The van der Waals surface area contributed by atoms with Crippen molar-refractivity contribution >= 4 is 38.4 Å². The summed E-state index contributed by atoms with van der Waals surface area (Å²) in [6.45, 7) is 2.49. The molecule has 2 aromatic heterocycles. The van der Waals surface area contributed by atoms with Crippen LogP contribution < -0.4 is 10.9 Å². The van der Waals surface area contributed by atoms with E-state index in [2.05, 4.69) is 17.2 Å². The maximum Gasteiger partial charge on any atom is 0.306 e. The van der Waals surface area contributed by atoms with Crippen LogP contribution in [-0.4, -0.2) is 44.6 Å². The Morgan fingerprint density at radius 3 is 2.61 bits per heavy atom. The maximum absolute atomic E-state index is 13.3. The van der Waals surface area contributed by atoms with Crippen LogP contribution in [0.2, 0.25) is 0 Å². The summed E-state index contributed by atoms with van der Waals surface area (Å²) in [6, 6.07) is 7.06. The summed E-state index contributed by atoms with van der Waals surface area (Å²) in [6.07, 6.45) is 8.20. The van der Waals surface area contributed by atoms with Crippen molar-refractivity contribution in [1.29, 1.82) is 0 Å². The Labute approximate surface area is 221 Å². The molecule has 10 nitrogen and oxygen atoms in total. The summed E-state index contributed by atoms with van der Waals surface area (Å²) >= 11 is 0. The van der Waals surface area contributed by atoms with Crippen molar-refractivity contribution in [2.24, 2.45) is 11.8 Å². The van der Waals surface area contributed by atoms with Gasteiger partial charge in [0.15, 0.2) is 5.82 Å². The van der Waals surface area contributed by atoms with Gasteiger partial charge in [-0.1, -0.05) is 19.8 Å². The number of carboxylic acids is 1. The average molecular weight is 540 g/mol. The van der Waals surface area contributed by atoms with Crippen molar-refractivity contribution in [3.05, 3.63) is 46.4 Å². The molecule has 202 valence electrons. The van der Waals surface area contributed by atoms with Crippen LogP contribution in [0.4, 0.5) is 11.5 Å². The Balaban J connectivity index is 1.29. The van der Waals surface area contributed by atoms with Crippen LogP contribution in [0, 0.1) is 11.8 Å². The molecule has 2 aliphatic carbocycles. The lowest BCUT2D eigenvalue weighted by Crippen LogP contribution is -2.39. The molecule has 0 bridgehead atoms. The molecule has 3 aliphatic rings. The predicted octanol–water partition coefficient (Wildman–Crippen LogP) is 4.37. The van der Waals surface area contributed by atoms with Gasteiger partial charge >= 0.3 is 5.97 Å². The normalized spacial score (nSPS) is 27.3. The Bertz CT molecular complexity index is 1550. The largest absolute Gasteiger partial charge is 0.481 e. The second-order valence-corrected chi connectivity index (χ2v) is 12.9. The third-order valence-electron chi connectivity index (χ3n) is 8.70. The number of aliphatic carboxylic acids is 1. The Morgan fingerprint density at radius 2 is 1.87 bits per heavy atom. The van der Waals surface area contributed by atoms with E-state index in [-0.39, 0.29) is 29.1 Å². The number of carbonyl (C=O) groups is 1. The van der Waals surface area contributed by atoms with E-state index in [4.69, 9.17) is 5.10 Å². The number of fused-ring (bicyclic) bond motifs is 2. The minimum Gasteiger partial charge on any atom is -0.481 e. The number of hydrogen-bond donors (Lipinski definition) is 3. The molecule has 6 rings (SSSR count). The average Bonchev–Trinajstić information content (AvgIpc) is 3.39. The minimum atomic E-state index is -3.65. The number of carboxylic acid groups (broad SMARTS) is 1. The van der Waals surface area contributed by atoms with E-state index >= 15 is 0 Å². The van der Waals surface area contributed by atoms with Crippen LogP contribution in [0.3, 0.4) is 0 Å². The third kappa shape index (κ3) is 4.21. The summed E-state index contributed by atoms with van der Waals surface area (Å²) in [7, 11) is -3.65. The van der Waals surface area contributed by atoms with Gasteiger partial charge in [0.2, 0.25) is 10.0 Å². The number of anilines is 2. The number of benzene rings is 1. The zero-order chi connectivity index (χ0) is 26.6. The van der Waals surface area contributed by atoms with Crippen molar-refractivity contribution in [1.82, 2.24) is 19.1 Å². The summed E-state index contributed by atoms with van der Waals surface area (Å²) in [5.41, 5.74) is 1.93. The molecule has 2 atom stereocenters. The van der Waals surface area contributed by atoms with E-state index < -0.39 is 21.9 Å². The van der Waals surface area contributed by atoms with Crippen LogP contribution in [-0.2, 0) is 21.4 Å². The van der Waals surface area contributed by atoms with Gasteiger partial charge in [-0.3, -0.25) is 14.3 Å². The van der Waals surface area contributed by atoms with Crippen LogP contribution in [0.5, 0.6) is 0 Å². The number of pyridine rings is 1. The van der Waals surface area contributed by atoms with E-state index in [1.165, 1.54) is 10.7 Å². The van der Waals surface area contributed by atoms with E-state index in [1.54, 1.807) is 18.3 Å². The smallest absolute Gasteiger partial charge is 0.306 e. The molecular formula is C27H33N5O5S. The number of sulfonamides is 1. The number of nitrogens with zero attached hydrogens (tertiary/aromatic N) is 3. The number of H-pyrrole nitrogens is 1. The fraction of sp³-hybridized carbons (Fsp3) is 0.519. The number of nitrogens with one attached hydrogen (secondary N) is 2. The molecule has 0 spiro atoms. The maximum atomic E-state index is 13.3.